The van der Waals surface area contributed by atoms with Crippen molar-refractivity contribution in [3.63, 3.8) is 0 Å². The second-order valence-electron chi connectivity index (χ2n) is 5.07. The molecule has 1 aliphatic carbocycles. The lowest BCUT2D eigenvalue weighted by atomic mass is 9.78. The molecule has 1 aromatic rings. The quantitative estimate of drug-likeness (QED) is 0.858. The summed E-state index contributed by atoms with van der Waals surface area (Å²) >= 11 is 0. The van der Waals surface area contributed by atoms with Gasteiger partial charge in [0, 0.05) is 19.4 Å². The van der Waals surface area contributed by atoms with Gasteiger partial charge in [0.05, 0.1) is 18.4 Å². The number of carbonyl (C=O) groups excluding carboxylic acids is 1. The molecular formula is C13H19N3O3. The Labute approximate surface area is 111 Å². The number of nitrogens with one attached hydrogen (secondary N) is 1. The highest BCUT2D eigenvalue weighted by atomic mass is 16.4. The summed E-state index contributed by atoms with van der Waals surface area (Å²) in [4.78, 5) is 32.2. The highest BCUT2D eigenvalue weighted by Crippen LogP contribution is 2.31. The van der Waals surface area contributed by atoms with E-state index in [1.54, 1.807) is 24.3 Å². The first-order chi connectivity index (χ1) is 9.09. The summed E-state index contributed by atoms with van der Waals surface area (Å²) < 4.78 is 0. The van der Waals surface area contributed by atoms with Crippen molar-refractivity contribution in [3.8, 4) is 0 Å². The summed E-state index contributed by atoms with van der Waals surface area (Å²) in [6, 6.07) is 0. The van der Waals surface area contributed by atoms with E-state index in [0.717, 1.165) is 12.8 Å². The standard InChI is InChI=1S/C13H19N3O3/c1-16(8-11-14-6-7-15-11)12(17)9-4-2-3-5-10(9)13(18)19/h6-7,9-10H,2-5,8H2,1H3,(H,14,15)(H,18,19). The fourth-order valence-electron chi connectivity index (χ4n) is 2.69. The normalized spacial score (nSPS) is 23.0. The van der Waals surface area contributed by atoms with E-state index in [4.69, 9.17) is 0 Å². The number of aromatic amines is 1. The van der Waals surface area contributed by atoms with Crippen molar-refractivity contribution < 1.29 is 14.7 Å². The Morgan fingerprint density at radius 2 is 2.11 bits per heavy atom. The van der Waals surface area contributed by atoms with E-state index in [0.29, 0.717) is 25.2 Å². The van der Waals surface area contributed by atoms with Gasteiger partial charge >= 0.3 is 5.97 Å². The lowest BCUT2D eigenvalue weighted by Gasteiger charge is -2.30. The van der Waals surface area contributed by atoms with Gasteiger partial charge in [-0.2, -0.15) is 0 Å². The molecule has 0 saturated heterocycles. The van der Waals surface area contributed by atoms with E-state index < -0.39 is 17.8 Å². The average molecular weight is 265 g/mol. The number of H-pyrrole nitrogens is 1. The first-order valence-electron chi connectivity index (χ1n) is 6.55. The number of carbonyl (C=O) groups is 2. The number of imidazole rings is 1. The zero-order valence-corrected chi connectivity index (χ0v) is 11.0. The lowest BCUT2D eigenvalue weighted by Crippen LogP contribution is -2.40. The van der Waals surface area contributed by atoms with Gasteiger partial charge in [0.15, 0.2) is 0 Å². The summed E-state index contributed by atoms with van der Waals surface area (Å²) in [7, 11) is 1.69. The minimum Gasteiger partial charge on any atom is -0.481 e. The number of hydrogen-bond acceptors (Lipinski definition) is 3. The maximum Gasteiger partial charge on any atom is 0.307 e. The van der Waals surface area contributed by atoms with Crippen LogP contribution in [0.1, 0.15) is 31.5 Å². The fourth-order valence-corrected chi connectivity index (χ4v) is 2.69. The van der Waals surface area contributed by atoms with E-state index in [-0.39, 0.29) is 5.91 Å². The summed E-state index contributed by atoms with van der Waals surface area (Å²) in [5.74, 6) is -1.18. The van der Waals surface area contributed by atoms with Gasteiger partial charge in [0.2, 0.25) is 5.91 Å². The molecule has 2 N–H and O–H groups in total. The minimum atomic E-state index is -0.857. The van der Waals surface area contributed by atoms with Gasteiger partial charge < -0.3 is 15.0 Å². The van der Waals surface area contributed by atoms with Crippen molar-refractivity contribution in [2.75, 3.05) is 7.05 Å². The number of amides is 1. The second kappa shape index (κ2) is 5.86. The van der Waals surface area contributed by atoms with Gasteiger partial charge in [-0.1, -0.05) is 12.8 Å². The van der Waals surface area contributed by atoms with Crippen molar-refractivity contribution in [1.82, 2.24) is 14.9 Å². The van der Waals surface area contributed by atoms with Gasteiger partial charge in [-0.25, -0.2) is 4.98 Å². The number of rotatable bonds is 4. The Kier molecular flexibility index (Phi) is 4.19. The summed E-state index contributed by atoms with van der Waals surface area (Å²) in [6.45, 7) is 0.384. The lowest BCUT2D eigenvalue weighted by molar-refractivity contribution is -0.152. The minimum absolute atomic E-state index is 0.0940. The zero-order chi connectivity index (χ0) is 13.8. The molecule has 0 aromatic carbocycles. The molecule has 1 aliphatic rings. The molecule has 19 heavy (non-hydrogen) atoms. The van der Waals surface area contributed by atoms with E-state index in [1.807, 2.05) is 0 Å². The summed E-state index contributed by atoms with van der Waals surface area (Å²) in [5, 5.41) is 9.21. The number of hydrogen-bond donors (Lipinski definition) is 2. The van der Waals surface area contributed by atoms with E-state index in [9.17, 15) is 14.7 Å². The molecule has 6 nitrogen and oxygen atoms in total. The first-order valence-corrected chi connectivity index (χ1v) is 6.55. The molecule has 1 amide bonds. The molecular weight excluding hydrogens is 246 g/mol. The van der Waals surface area contributed by atoms with Crippen LogP contribution in [0.3, 0.4) is 0 Å². The first kappa shape index (κ1) is 13.6. The largest absolute Gasteiger partial charge is 0.481 e. The predicted molar refractivity (Wildman–Crippen MR) is 68.1 cm³/mol. The number of aliphatic carboxylic acids is 1. The van der Waals surface area contributed by atoms with Crippen molar-refractivity contribution in [1.29, 1.82) is 0 Å². The van der Waals surface area contributed by atoms with Crippen LogP contribution in [-0.2, 0) is 16.1 Å². The molecule has 2 unspecified atom stereocenters. The van der Waals surface area contributed by atoms with Crippen LogP contribution in [-0.4, -0.2) is 38.9 Å². The Bertz CT molecular complexity index is 444. The summed E-state index contributed by atoms with van der Waals surface area (Å²) in [5.41, 5.74) is 0. The molecule has 0 radical (unpaired) electrons. The van der Waals surface area contributed by atoms with E-state index in [2.05, 4.69) is 9.97 Å². The smallest absolute Gasteiger partial charge is 0.307 e. The van der Waals surface area contributed by atoms with Crippen LogP contribution in [0, 0.1) is 11.8 Å². The van der Waals surface area contributed by atoms with Crippen LogP contribution in [0.2, 0.25) is 0 Å². The third-order valence-electron chi connectivity index (χ3n) is 3.72. The fraction of sp³-hybridized carbons (Fsp3) is 0.615. The molecule has 104 valence electrons. The number of carboxylic acids is 1. The van der Waals surface area contributed by atoms with Gasteiger partial charge in [0.1, 0.15) is 5.82 Å². The van der Waals surface area contributed by atoms with Gasteiger partial charge in [-0.3, -0.25) is 9.59 Å². The maximum atomic E-state index is 12.4. The zero-order valence-electron chi connectivity index (χ0n) is 11.0. The molecule has 0 aliphatic heterocycles. The van der Waals surface area contributed by atoms with Gasteiger partial charge in [-0.05, 0) is 12.8 Å². The predicted octanol–water partition coefficient (Wildman–Crippen LogP) is 1.26. The molecule has 0 bridgehead atoms. The SMILES string of the molecule is CN(Cc1ncc[nH]1)C(=O)C1CCCCC1C(=O)O. The van der Waals surface area contributed by atoms with Crippen molar-refractivity contribution >= 4 is 11.9 Å². The highest BCUT2D eigenvalue weighted by Gasteiger charge is 2.37. The molecule has 2 rings (SSSR count). The second-order valence-corrected chi connectivity index (χ2v) is 5.07. The molecule has 0 spiro atoms. The number of aromatic nitrogens is 2. The molecule has 1 heterocycles. The molecule has 1 saturated carbocycles. The van der Waals surface area contributed by atoms with Crippen LogP contribution in [0.4, 0.5) is 0 Å². The van der Waals surface area contributed by atoms with Crippen LogP contribution in [0.15, 0.2) is 12.4 Å². The van der Waals surface area contributed by atoms with Crippen molar-refractivity contribution in [2.45, 2.75) is 32.2 Å². The Morgan fingerprint density at radius 1 is 1.42 bits per heavy atom. The Hall–Kier alpha value is -1.85. The molecule has 1 fully saturated rings. The van der Waals surface area contributed by atoms with Gasteiger partial charge in [0.25, 0.3) is 0 Å². The average Bonchev–Trinajstić information content (AvgIpc) is 2.90. The molecule has 2 atom stereocenters. The van der Waals surface area contributed by atoms with E-state index in [1.165, 1.54) is 0 Å². The number of nitrogens with zero attached hydrogens (tertiary/aromatic N) is 2. The van der Waals surface area contributed by atoms with Crippen LogP contribution >= 0.6 is 0 Å². The Balaban J connectivity index is 2.02. The Morgan fingerprint density at radius 3 is 2.68 bits per heavy atom. The maximum absolute atomic E-state index is 12.4. The monoisotopic (exact) mass is 265 g/mol. The van der Waals surface area contributed by atoms with Crippen LogP contribution < -0.4 is 0 Å². The van der Waals surface area contributed by atoms with E-state index >= 15 is 0 Å². The van der Waals surface area contributed by atoms with Gasteiger partial charge in [-0.15, -0.1) is 0 Å². The third kappa shape index (κ3) is 3.13. The van der Waals surface area contributed by atoms with Crippen LogP contribution in [0.5, 0.6) is 0 Å². The third-order valence-corrected chi connectivity index (χ3v) is 3.72. The molecule has 1 aromatic heterocycles. The van der Waals surface area contributed by atoms with Crippen molar-refractivity contribution in [3.05, 3.63) is 18.2 Å². The van der Waals surface area contributed by atoms with Crippen molar-refractivity contribution in [2.24, 2.45) is 11.8 Å². The highest BCUT2D eigenvalue weighted by molar-refractivity contribution is 5.84. The van der Waals surface area contributed by atoms with Crippen LogP contribution in [0.25, 0.3) is 0 Å². The number of carboxylic acid groups (broad SMARTS) is 1. The topological polar surface area (TPSA) is 86.3 Å². The molecule has 6 heteroatoms. The summed E-state index contributed by atoms with van der Waals surface area (Å²) in [6.07, 6.45) is 6.42.